The highest BCUT2D eigenvalue weighted by Crippen LogP contribution is 2.44. The molecular weight excluding hydrogens is 787 g/mol. The van der Waals surface area contributed by atoms with Crippen LogP contribution >= 0.6 is 11.3 Å². The zero-order chi connectivity index (χ0) is 45.8. The predicted molar refractivity (Wildman–Crippen MR) is 263 cm³/mol. The third kappa shape index (κ3) is 5.73. The molecule has 4 aromatic heterocycles. The predicted octanol–water partition coefficient (Wildman–Crippen LogP) is 15.1. The Morgan fingerprint density at radius 3 is 1.60 bits per heavy atom. The molecule has 0 aliphatic heterocycles. The van der Waals surface area contributed by atoms with Gasteiger partial charge in [0.1, 0.15) is 0 Å². The van der Waals surface area contributed by atoms with Crippen LogP contribution in [-0.4, -0.2) is 24.1 Å². The highest BCUT2D eigenvalue weighted by molar-refractivity contribution is 7.26. The second-order valence-electron chi connectivity index (χ2n) is 15.6. The molecule has 0 saturated carbocycles. The van der Waals surface area contributed by atoms with Gasteiger partial charge in [0.25, 0.3) is 0 Å². The summed E-state index contributed by atoms with van der Waals surface area (Å²) in [6.45, 7) is 0. The third-order valence-electron chi connectivity index (χ3n) is 12.0. The fourth-order valence-corrected chi connectivity index (χ4v) is 10.4. The van der Waals surface area contributed by atoms with E-state index < -0.39 is 6.04 Å². The van der Waals surface area contributed by atoms with Crippen LogP contribution in [0.4, 0.5) is 0 Å². The number of rotatable bonds is 6. The van der Waals surface area contributed by atoms with Crippen LogP contribution in [0.1, 0.15) is 6.85 Å². The van der Waals surface area contributed by atoms with E-state index in [4.69, 9.17) is 21.8 Å². The summed E-state index contributed by atoms with van der Waals surface area (Å²) in [6.07, 6.45) is 0. The first-order valence-corrected chi connectivity index (χ1v) is 21.6. The van der Waals surface area contributed by atoms with Crippen molar-refractivity contribution in [3.63, 3.8) is 0 Å². The lowest BCUT2D eigenvalue weighted by Gasteiger charge is -2.13. The third-order valence-corrected chi connectivity index (χ3v) is 13.3. The van der Waals surface area contributed by atoms with Gasteiger partial charge in [0.15, 0.2) is 17.5 Å². The lowest BCUT2D eigenvalue weighted by molar-refractivity contribution is 1.07. The van der Waals surface area contributed by atoms with Gasteiger partial charge in [-0.3, -0.25) is 0 Å². The highest BCUT2D eigenvalue weighted by Gasteiger charge is 2.22. The van der Waals surface area contributed by atoms with Crippen LogP contribution in [0.15, 0.2) is 212 Å². The van der Waals surface area contributed by atoms with E-state index in [9.17, 15) is 0 Å². The van der Waals surface area contributed by atoms with Gasteiger partial charge >= 0.3 is 0 Å². The molecule has 0 atom stereocenters. The van der Waals surface area contributed by atoms with E-state index in [0.717, 1.165) is 91.8 Å². The molecule has 13 rings (SSSR count). The van der Waals surface area contributed by atoms with Crippen molar-refractivity contribution in [1.29, 1.82) is 0 Å². The van der Waals surface area contributed by atoms with Gasteiger partial charge in [0, 0.05) is 69.8 Å². The number of hydrogen-bond acceptors (Lipinski definition) is 4. The molecule has 294 valence electrons. The minimum Gasteiger partial charge on any atom is -0.309 e. The summed E-state index contributed by atoms with van der Waals surface area (Å²) in [5.41, 5.74) is 9.39. The van der Waals surface area contributed by atoms with Crippen LogP contribution in [-0.2, 0) is 0 Å². The minimum atomic E-state index is -0.420. The molecule has 9 aromatic carbocycles. The summed E-state index contributed by atoms with van der Waals surface area (Å²) in [5.74, 6) is 1.57. The number of aromatic nitrogens is 5. The SMILES string of the molecule is [2H]c1c([2H])c([2H])c(-c2ccc3sc4c(-c5nc(-c6ccccc6)nc(-c6ccc7c8ccccc8n(-c8ccccc8)c7c6)n5)cc(-n5c6ccccc6c6ccccc65)cc4c3c2)c([2H])c1[2H]. The van der Waals surface area contributed by atoms with Crippen LogP contribution in [0.2, 0.25) is 0 Å². The van der Waals surface area contributed by atoms with Gasteiger partial charge in [-0.15, -0.1) is 11.3 Å². The summed E-state index contributed by atoms with van der Waals surface area (Å²) in [7, 11) is 0. The summed E-state index contributed by atoms with van der Waals surface area (Å²) in [4.78, 5) is 15.9. The Bertz CT molecular complexity index is 4140. The van der Waals surface area contributed by atoms with Crippen LogP contribution in [0.3, 0.4) is 0 Å². The largest absolute Gasteiger partial charge is 0.309 e. The molecule has 0 unspecified atom stereocenters. The van der Waals surface area contributed by atoms with E-state index in [2.05, 4.69) is 137 Å². The van der Waals surface area contributed by atoms with E-state index in [1.165, 1.54) is 0 Å². The zero-order valence-corrected chi connectivity index (χ0v) is 34.3. The van der Waals surface area contributed by atoms with Gasteiger partial charge in [-0.2, -0.15) is 0 Å². The fourth-order valence-electron chi connectivity index (χ4n) is 9.22. The van der Waals surface area contributed by atoms with Gasteiger partial charge in [0.2, 0.25) is 0 Å². The van der Waals surface area contributed by atoms with E-state index >= 15 is 0 Å². The quantitative estimate of drug-likeness (QED) is 0.168. The van der Waals surface area contributed by atoms with Crippen molar-refractivity contribution in [3.05, 3.63) is 212 Å². The van der Waals surface area contributed by atoms with Crippen LogP contribution in [0.5, 0.6) is 0 Å². The molecule has 0 spiro atoms. The smallest absolute Gasteiger partial charge is 0.165 e. The lowest BCUT2D eigenvalue weighted by Crippen LogP contribution is -2.02. The van der Waals surface area contributed by atoms with Crippen LogP contribution < -0.4 is 0 Å². The number of hydrogen-bond donors (Lipinski definition) is 0. The molecule has 13 aromatic rings. The van der Waals surface area contributed by atoms with Crippen LogP contribution in [0.25, 0.3) is 120 Å². The Hall–Kier alpha value is -8.19. The average molecular weight is 827 g/mol. The molecule has 0 radical (unpaired) electrons. The van der Waals surface area contributed by atoms with Crippen molar-refractivity contribution < 1.29 is 6.85 Å². The van der Waals surface area contributed by atoms with Crippen LogP contribution in [0, 0.1) is 0 Å². The topological polar surface area (TPSA) is 48.5 Å². The maximum atomic E-state index is 8.85. The molecular formula is C57H35N5S. The van der Waals surface area contributed by atoms with Crippen molar-refractivity contribution in [1.82, 2.24) is 24.1 Å². The van der Waals surface area contributed by atoms with E-state index in [0.29, 0.717) is 23.0 Å². The highest BCUT2D eigenvalue weighted by atomic mass is 32.1. The minimum absolute atomic E-state index is 0.161. The normalized spacial score (nSPS) is 12.9. The van der Waals surface area contributed by atoms with Crippen molar-refractivity contribution in [2.75, 3.05) is 0 Å². The lowest BCUT2D eigenvalue weighted by atomic mass is 10.0. The Balaban J connectivity index is 1.11. The number of nitrogens with zero attached hydrogens (tertiary/aromatic N) is 5. The number of fused-ring (bicyclic) bond motifs is 9. The number of benzene rings is 9. The Kier molecular flexibility index (Phi) is 6.94. The molecule has 5 nitrogen and oxygen atoms in total. The first kappa shape index (κ1) is 30.8. The molecule has 0 bridgehead atoms. The van der Waals surface area contributed by atoms with E-state index in [-0.39, 0.29) is 29.7 Å². The Morgan fingerprint density at radius 2 is 0.921 bits per heavy atom. The van der Waals surface area contributed by atoms with Gasteiger partial charge in [-0.1, -0.05) is 152 Å². The number of thiophene rings is 1. The first-order chi connectivity index (χ1) is 33.3. The van der Waals surface area contributed by atoms with Crippen molar-refractivity contribution >= 4 is 75.1 Å². The average Bonchev–Trinajstić information content (AvgIpc) is 4.05. The Morgan fingerprint density at radius 1 is 0.365 bits per heavy atom. The van der Waals surface area contributed by atoms with E-state index in [1.54, 1.807) is 11.3 Å². The molecule has 6 heteroatoms. The molecule has 0 aliphatic carbocycles. The summed E-state index contributed by atoms with van der Waals surface area (Å²) >= 11 is 1.61. The Labute approximate surface area is 373 Å². The number of para-hydroxylation sites is 4. The maximum Gasteiger partial charge on any atom is 0.165 e. The first-order valence-electron chi connectivity index (χ1n) is 23.3. The van der Waals surface area contributed by atoms with E-state index in [1.807, 2.05) is 54.6 Å². The van der Waals surface area contributed by atoms with Crippen molar-refractivity contribution in [3.8, 4) is 56.7 Å². The fraction of sp³-hybridized carbons (Fsp3) is 0. The second-order valence-corrected chi connectivity index (χ2v) is 16.7. The van der Waals surface area contributed by atoms with Gasteiger partial charge in [-0.25, -0.2) is 15.0 Å². The summed E-state index contributed by atoms with van der Waals surface area (Å²) in [5, 5.41) is 6.34. The van der Waals surface area contributed by atoms with Gasteiger partial charge in [-0.05, 0) is 71.8 Å². The molecule has 0 fully saturated rings. The molecule has 0 amide bonds. The molecule has 63 heavy (non-hydrogen) atoms. The van der Waals surface area contributed by atoms with Crippen molar-refractivity contribution in [2.24, 2.45) is 0 Å². The van der Waals surface area contributed by atoms with Gasteiger partial charge in [0.05, 0.1) is 28.9 Å². The monoisotopic (exact) mass is 826 g/mol. The molecule has 0 saturated heterocycles. The molecule has 0 aliphatic rings. The standard InChI is InChI=1S/C57H35N5S/c1-4-16-36(17-5-1)38-29-31-53-46(32-38)47-34-41(62-50-26-14-10-22-42(50)43-23-11-15-27-51(43)62)35-48(54(47)63-53)57-59-55(37-18-6-2-7-19-37)58-56(60-57)39-28-30-45-44-24-12-13-25-49(44)61(52(45)33-39)40-20-8-3-9-21-40/h1-35H/i1D,4D,5D,16D,17D. The van der Waals surface area contributed by atoms with Crippen molar-refractivity contribution in [2.45, 2.75) is 0 Å². The second kappa shape index (κ2) is 14.2. The summed E-state index contributed by atoms with van der Waals surface area (Å²) in [6, 6.07) is 60.7. The van der Waals surface area contributed by atoms with Gasteiger partial charge < -0.3 is 9.13 Å². The zero-order valence-electron chi connectivity index (χ0n) is 38.5. The molecule has 4 heterocycles. The summed E-state index contributed by atoms with van der Waals surface area (Å²) < 4.78 is 49.4. The maximum absolute atomic E-state index is 8.85. The molecule has 0 N–H and O–H groups in total.